The number of ketones is 1. The van der Waals surface area contributed by atoms with Crippen molar-refractivity contribution in [1.29, 1.82) is 0 Å². The Kier molecular flexibility index (Phi) is 6.91. The van der Waals surface area contributed by atoms with Crippen molar-refractivity contribution in [2.75, 3.05) is 0 Å². The van der Waals surface area contributed by atoms with E-state index in [1.54, 1.807) is 0 Å². The van der Waals surface area contributed by atoms with Gasteiger partial charge >= 0.3 is 12.4 Å². The summed E-state index contributed by atoms with van der Waals surface area (Å²) in [6.07, 6.45) is -10.2. The standard InChI is InChI=1S/C18H8F9N3O2.Cu/c1-6-9(13(31)7-2-4-8(5-3-7)17(22,23)24)16(32)30(29-6)12-10(19)14(18(25,26)27)28-15(21)11(12)20;/h2-5,32H,1H3;. The predicted molar refractivity (Wildman–Crippen MR) is 87.5 cm³/mol. The molecule has 0 fully saturated rings. The van der Waals surface area contributed by atoms with Crippen LogP contribution in [0.1, 0.15) is 32.9 Å². The number of rotatable bonds is 3. The minimum atomic E-state index is -5.54. The van der Waals surface area contributed by atoms with E-state index in [9.17, 15) is 49.4 Å². The van der Waals surface area contributed by atoms with Crippen molar-refractivity contribution in [3.63, 3.8) is 0 Å². The molecule has 0 spiro atoms. The third-order valence-electron chi connectivity index (χ3n) is 4.23. The first-order valence-corrected chi connectivity index (χ1v) is 8.27. The molecule has 1 N–H and O–H groups in total. The van der Waals surface area contributed by atoms with E-state index in [2.05, 4.69) is 10.1 Å². The zero-order valence-corrected chi connectivity index (χ0v) is 16.7. The summed E-state index contributed by atoms with van der Waals surface area (Å²) < 4.78 is 119. The van der Waals surface area contributed by atoms with Gasteiger partial charge in [-0.3, -0.25) is 4.79 Å². The van der Waals surface area contributed by atoms with Gasteiger partial charge in [0.05, 0.1) is 11.3 Å². The maximum atomic E-state index is 14.3. The largest absolute Gasteiger partial charge is 0.493 e. The van der Waals surface area contributed by atoms with Gasteiger partial charge in [0, 0.05) is 22.6 Å². The zero-order valence-electron chi connectivity index (χ0n) is 15.7. The van der Waals surface area contributed by atoms with Crippen LogP contribution in [0.3, 0.4) is 0 Å². The Balaban J connectivity index is 0.00000385. The molecule has 0 atom stereocenters. The van der Waals surface area contributed by atoms with Crippen LogP contribution in [0.15, 0.2) is 24.3 Å². The molecule has 33 heavy (non-hydrogen) atoms. The van der Waals surface area contributed by atoms with Crippen LogP contribution in [-0.4, -0.2) is 25.7 Å². The van der Waals surface area contributed by atoms with Gasteiger partial charge in [0.25, 0.3) is 5.95 Å². The van der Waals surface area contributed by atoms with Gasteiger partial charge in [-0.2, -0.15) is 44.9 Å². The van der Waals surface area contributed by atoms with Crippen LogP contribution in [0.25, 0.3) is 5.69 Å². The van der Waals surface area contributed by atoms with Crippen molar-refractivity contribution in [2.45, 2.75) is 19.3 Å². The molecule has 2 aromatic heterocycles. The molecule has 0 unspecified atom stereocenters. The Morgan fingerprint density at radius 1 is 0.939 bits per heavy atom. The predicted octanol–water partition coefficient (Wildman–Crippen LogP) is 4.96. The topological polar surface area (TPSA) is 68.0 Å². The quantitative estimate of drug-likeness (QED) is 0.224. The smallest absolute Gasteiger partial charge is 0.436 e. The van der Waals surface area contributed by atoms with E-state index in [1.165, 1.54) is 0 Å². The molecule has 0 bridgehead atoms. The number of aromatic hydroxyl groups is 1. The molecule has 0 saturated carbocycles. The summed E-state index contributed by atoms with van der Waals surface area (Å²) in [5.41, 5.74) is -6.98. The van der Waals surface area contributed by atoms with Crippen LogP contribution in [0.2, 0.25) is 0 Å². The monoisotopic (exact) mass is 532 g/mol. The molecule has 181 valence electrons. The molecule has 5 nitrogen and oxygen atoms in total. The molecule has 1 radical (unpaired) electrons. The molecule has 2 heterocycles. The first-order valence-electron chi connectivity index (χ1n) is 8.27. The third-order valence-corrected chi connectivity index (χ3v) is 4.23. The SMILES string of the molecule is Cc1nn(-c2c(F)c(F)nc(C(F)(F)F)c2F)c(O)c1C(=O)c1ccc(C(F)(F)F)cc1.[Cu]. The number of hydrogen-bond donors (Lipinski definition) is 1. The van der Waals surface area contributed by atoms with Crippen molar-refractivity contribution in [1.82, 2.24) is 14.8 Å². The van der Waals surface area contributed by atoms with Crippen LogP contribution >= 0.6 is 0 Å². The molecule has 0 aliphatic heterocycles. The van der Waals surface area contributed by atoms with Gasteiger partial charge in [-0.15, -0.1) is 0 Å². The van der Waals surface area contributed by atoms with Gasteiger partial charge in [0.2, 0.25) is 11.7 Å². The molecule has 1 aromatic carbocycles. The Hall–Kier alpha value is -3.06. The van der Waals surface area contributed by atoms with Crippen LogP contribution in [0.5, 0.6) is 5.88 Å². The first kappa shape index (κ1) is 26.2. The second-order valence-corrected chi connectivity index (χ2v) is 6.33. The maximum Gasteiger partial charge on any atom is 0.436 e. The van der Waals surface area contributed by atoms with E-state index in [1.807, 2.05) is 0 Å². The number of carbonyl (C=O) groups excluding carboxylic acids is 1. The van der Waals surface area contributed by atoms with E-state index in [4.69, 9.17) is 0 Å². The van der Waals surface area contributed by atoms with E-state index in [0.717, 1.165) is 19.1 Å². The summed E-state index contributed by atoms with van der Waals surface area (Å²) in [6, 6.07) is 2.60. The number of aryl methyl sites for hydroxylation is 1. The number of alkyl halides is 6. The second-order valence-electron chi connectivity index (χ2n) is 6.33. The molecule has 3 aromatic rings. The molecule has 0 saturated heterocycles. The number of nitrogens with zero attached hydrogens (tertiary/aromatic N) is 3. The third kappa shape index (κ3) is 4.69. The van der Waals surface area contributed by atoms with E-state index in [0.29, 0.717) is 12.1 Å². The normalized spacial score (nSPS) is 11.9. The van der Waals surface area contributed by atoms with Gasteiger partial charge in [0.1, 0.15) is 11.3 Å². The minimum Gasteiger partial charge on any atom is -0.493 e. The average molecular weight is 533 g/mol. The molecule has 3 rings (SSSR count). The summed E-state index contributed by atoms with van der Waals surface area (Å²) in [4.78, 5) is 14.8. The number of carbonyl (C=O) groups is 1. The maximum absolute atomic E-state index is 14.3. The van der Waals surface area contributed by atoms with Gasteiger partial charge in [0.15, 0.2) is 17.3 Å². The number of hydrogen-bond acceptors (Lipinski definition) is 4. The Bertz CT molecular complexity index is 1220. The fraction of sp³-hybridized carbons (Fsp3) is 0.167. The van der Waals surface area contributed by atoms with Gasteiger partial charge in [-0.25, -0.2) is 9.37 Å². The Morgan fingerprint density at radius 3 is 1.97 bits per heavy atom. The fourth-order valence-electron chi connectivity index (χ4n) is 2.77. The summed E-state index contributed by atoms with van der Waals surface area (Å²) in [5, 5.41) is 13.6. The fourth-order valence-corrected chi connectivity index (χ4v) is 2.77. The van der Waals surface area contributed by atoms with E-state index in [-0.39, 0.29) is 21.8 Å². The number of halogens is 9. The number of pyridine rings is 1. The Morgan fingerprint density at radius 2 is 1.48 bits per heavy atom. The first-order chi connectivity index (χ1) is 14.6. The molecule has 0 aliphatic carbocycles. The zero-order chi connectivity index (χ0) is 24.2. The molecule has 0 aliphatic rings. The number of benzene rings is 1. The molecule has 15 heteroatoms. The van der Waals surface area contributed by atoms with Crippen LogP contribution < -0.4 is 0 Å². The summed E-state index contributed by atoms with van der Waals surface area (Å²) in [7, 11) is 0. The van der Waals surface area contributed by atoms with Crippen molar-refractivity contribution in [3.8, 4) is 11.6 Å². The summed E-state index contributed by atoms with van der Waals surface area (Å²) in [5.74, 6) is -9.53. The van der Waals surface area contributed by atoms with Crippen LogP contribution in [-0.2, 0) is 29.4 Å². The summed E-state index contributed by atoms with van der Waals surface area (Å²) in [6.45, 7) is 1.02. The minimum absolute atomic E-state index is 0. The molecule has 0 amide bonds. The van der Waals surface area contributed by atoms with Gasteiger partial charge in [-0.1, -0.05) is 12.1 Å². The molecular formula is C18H8CuF9N3O2. The van der Waals surface area contributed by atoms with Crippen LogP contribution in [0.4, 0.5) is 39.5 Å². The average Bonchev–Trinajstić information content (AvgIpc) is 2.97. The van der Waals surface area contributed by atoms with E-state index < -0.39 is 75.4 Å². The van der Waals surface area contributed by atoms with Crippen molar-refractivity contribution in [3.05, 3.63) is 69.9 Å². The van der Waals surface area contributed by atoms with Crippen LogP contribution in [0, 0.1) is 24.5 Å². The van der Waals surface area contributed by atoms with Gasteiger partial charge < -0.3 is 5.11 Å². The number of aromatic nitrogens is 3. The van der Waals surface area contributed by atoms with Crippen molar-refractivity contribution >= 4 is 5.78 Å². The Labute approximate surface area is 188 Å². The van der Waals surface area contributed by atoms with Gasteiger partial charge in [-0.05, 0) is 19.1 Å². The molecular weight excluding hydrogens is 525 g/mol. The van der Waals surface area contributed by atoms with Crippen molar-refractivity contribution in [2.24, 2.45) is 0 Å². The van der Waals surface area contributed by atoms with E-state index >= 15 is 0 Å². The van der Waals surface area contributed by atoms with Crippen molar-refractivity contribution < 1.29 is 66.5 Å². The summed E-state index contributed by atoms with van der Waals surface area (Å²) >= 11 is 0. The second kappa shape index (κ2) is 8.71.